The summed E-state index contributed by atoms with van der Waals surface area (Å²) >= 11 is 0. The van der Waals surface area contributed by atoms with Gasteiger partial charge in [0.15, 0.2) is 0 Å². The lowest BCUT2D eigenvalue weighted by atomic mass is 10.1. The van der Waals surface area contributed by atoms with Crippen molar-refractivity contribution >= 4 is 8.07 Å². The van der Waals surface area contributed by atoms with E-state index in [1.54, 1.807) is 0 Å². The molecule has 1 aromatic rings. The van der Waals surface area contributed by atoms with Gasteiger partial charge in [-0.15, -0.1) is 0 Å². The summed E-state index contributed by atoms with van der Waals surface area (Å²) in [6.07, 6.45) is 0. The van der Waals surface area contributed by atoms with Gasteiger partial charge in [0.1, 0.15) is 0 Å². The van der Waals surface area contributed by atoms with E-state index < -0.39 is 8.07 Å². The molecule has 0 amide bonds. The highest BCUT2D eigenvalue weighted by Crippen LogP contribution is 2.15. The third kappa shape index (κ3) is 3.77. The van der Waals surface area contributed by atoms with Crippen LogP contribution in [0.2, 0.25) is 19.6 Å². The van der Waals surface area contributed by atoms with Crippen molar-refractivity contribution in [2.24, 2.45) is 0 Å². The molecule has 0 radical (unpaired) electrons. The minimum absolute atomic E-state index is 0.944. The van der Waals surface area contributed by atoms with Crippen LogP contribution in [0.4, 0.5) is 0 Å². The van der Waals surface area contributed by atoms with Crippen molar-refractivity contribution in [1.82, 2.24) is 0 Å². The summed E-state index contributed by atoms with van der Waals surface area (Å²) in [5.41, 5.74) is 4.32. The first kappa shape index (κ1) is 10.5. The van der Waals surface area contributed by atoms with Crippen LogP contribution in [0.15, 0.2) is 18.2 Å². The third-order valence-electron chi connectivity index (χ3n) is 2.02. The smallest absolute Gasteiger partial charge is 0.0487 e. The van der Waals surface area contributed by atoms with Crippen molar-refractivity contribution < 1.29 is 0 Å². The van der Waals surface area contributed by atoms with Gasteiger partial charge in [0.2, 0.25) is 0 Å². The number of rotatable bonds is 2. The molecule has 1 aromatic carbocycles. The van der Waals surface area contributed by atoms with Gasteiger partial charge in [-0.3, -0.25) is 0 Å². The first-order valence-electron chi connectivity index (χ1n) is 4.94. The number of aryl methyl sites for hydroxylation is 2. The van der Waals surface area contributed by atoms with Gasteiger partial charge >= 0.3 is 0 Å². The largest absolute Gasteiger partial charge is 0.0693 e. The van der Waals surface area contributed by atoms with E-state index in [2.05, 4.69) is 51.7 Å². The lowest BCUT2D eigenvalue weighted by Crippen LogP contribution is -2.23. The Morgan fingerprint density at radius 2 is 1.38 bits per heavy atom. The maximum absolute atomic E-state index is 2.42. The first-order chi connectivity index (χ1) is 5.87. The van der Waals surface area contributed by atoms with Crippen molar-refractivity contribution in [1.29, 1.82) is 0 Å². The summed E-state index contributed by atoms with van der Waals surface area (Å²) < 4.78 is 0. The standard InChI is InChI=1S/C12H20Si/c1-10-6-11(2)8-12(7-10)9-13(3,4)5/h6-8H,9H2,1-5H3. The van der Waals surface area contributed by atoms with E-state index in [-0.39, 0.29) is 0 Å². The molecular weight excluding hydrogens is 172 g/mol. The molecule has 0 aliphatic carbocycles. The molecule has 0 nitrogen and oxygen atoms in total. The van der Waals surface area contributed by atoms with Crippen LogP contribution in [-0.2, 0) is 6.04 Å². The lowest BCUT2D eigenvalue weighted by Gasteiger charge is -2.16. The van der Waals surface area contributed by atoms with E-state index >= 15 is 0 Å². The maximum atomic E-state index is 2.42. The topological polar surface area (TPSA) is 0 Å². The molecule has 0 saturated heterocycles. The molecule has 13 heavy (non-hydrogen) atoms. The second-order valence-corrected chi connectivity index (χ2v) is 10.7. The molecule has 0 aromatic heterocycles. The van der Waals surface area contributed by atoms with Crippen LogP contribution in [0.1, 0.15) is 16.7 Å². The Bertz CT molecular complexity index is 274. The summed E-state index contributed by atoms with van der Waals surface area (Å²) in [6.45, 7) is 11.6. The van der Waals surface area contributed by atoms with Gasteiger partial charge in [-0.05, 0) is 19.9 Å². The minimum atomic E-state index is -0.944. The zero-order chi connectivity index (χ0) is 10.1. The summed E-state index contributed by atoms with van der Waals surface area (Å²) in [6, 6.07) is 8.19. The SMILES string of the molecule is Cc1cc(C)cc(C[Si](C)(C)C)c1. The fourth-order valence-electron chi connectivity index (χ4n) is 1.78. The fourth-order valence-corrected chi connectivity index (χ4v) is 3.21. The predicted molar refractivity (Wildman–Crippen MR) is 63.0 cm³/mol. The highest BCUT2D eigenvalue weighted by molar-refractivity contribution is 6.75. The predicted octanol–water partition coefficient (Wildman–Crippen LogP) is 3.72. The van der Waals surface area contributed by atoms with Crippen LogP contribution in [0.3, 0.4) is 0 Å². The van der Waals surface area contributed by atoms with Crippen molar-refractivity contribution in [3.8, 4) is 0 Å². The van der Waals surface area contributed by atoms with Crippen LogP contribution in [0, 0.1) is 13.8 Å². The summed E-state index contributed by atoms with van der Waals surface area (Å²) in [5.74, 6) is 0. The first-order valence-corrected chi connectivity index (χ1v) is 8.65. The highest BCUT2D eigenvalue weighted by atomic mass is 28.3. The van der Waals surface area contributed by atoms with Crippen molar-refractivity contribution in [3.63, 3.8) is 0 Å². The molecule has 0 atom stereocenters. The molecule has 0 aliphatic rings. The van der Waals surface area contributed by atoms with E-state index in [1.807, 2.05) is 0 Å². The van der Waals surface area contributed by atoms with E-state index in [0.29, 0.717) is 0 Å². The van der Waals surface area contributed by atoms with Crippen LogP contribution in [0.5, 0.6) is 0 Å². The van der Waals surface area contributed by atoms with Gasteiger partial charge in [-0.1, -0.05) is 54.5 Å². The summed E-state index contributed by atoms with van der Waals surface area (Å²) in [7, 11) is -0.944. The average molecular weight is 192 g/mol. The Morgan fingerprint density at radius 3 is 1.77 bits per heavy atom. The van der Waals surface area contributed by atoms with Crippen LogP contribution >= 0.6 is 0 Å². The molecule has 1 heteroatoms. The zero-order valence-corrected chi connectivity index (χ0v) is 10.4. The van der Waals surface area contributed by atoms with Crippen LogP contribution in [0.25, 0.3) is 0 Å². The molecule has 0 aliphatic heterocycles. The zero-order valence-electron chi connectivity index (χ0n) is 9.44. The maximum Gasteiger partial charge on any atom is 0.0487 e. The normalized spacial score (nSPS) is 11.8. The molecular formula is C12H20Si. The average Bonchev–Trinajstić information content (AvgIpc) is 1.78. The van der Waals surface area contributed by atoms with Crippen molar-refractivity contribution in [2.45, 2.75) is 39.5 Å². The molecule has 72 valence electrons. The van der Waals surface area contributed by atoms with Crippen molar-refractivity contribution in [2.75, 3.05) is 0 Å². The molecule has 0 N–H and O–H groups in total. The van der Waals surface area contributed by atoms with E-state index in [1.165, 1.54) is 22.7 Å². The lowest BCUT2D eigenvalue weighted by molar-refractivity contribution is 1.25. The van der Waals surface area contributed by atoms with Gasteiger partial charge < -0.3 is 0 Å². The monoisotopic (exact) mass is 192 g/mol. The molecule has 1 rings (SSSR count). The van der Waals surface area contributed by atoms with Gasteiger partial charge in [0.25, 0.3) is 0 Å². The minimum Gasteiger partial charge on any atom is -0.0693 e. The van der Waals surface area contributed by atoms with Gasteiger partial charge in [-0.2, -0.15) is 0 Å². The van der Waals surface area contributed by atoms with Gasteiger partial charge in [-0.25, -0.2) is 0 Å². The molecule has 0 saturated carbocycles. The quantitative estimate of drug-likeness (QED) is 0.626. The molecule has 0 bridgehead atoms. The molecule has 0 fully saturated rings. The number of hydrogen-bond acceptors (Lipinski definition) is 0. The Morgan fingerprint density at radius 1 is 0.923 bits per heavy atom. The Kier molecular flexibility index (Phi) is 2.97. The highest BCUT2D eigenvalue weighted by Gasteiger charge is 2.13. The van der Waals surface area contributed by atoms with E-state index in [4.69, 9.17) is 0 Å². The van der Waals surface area contributed by atoms with Crippen LogP contribution in [-0.4, -0.2) is 8.07 Å². The van der Waals surface area contributed by atoms with Crippen molar-refractivity contribution in [3.05, 3.63) is 34.9 Å². The van der Waals surface area contributed by atoms with E-state index in [9.17, 15) is 0 Å². The Hall–Kier alpha value is -0.563. The van der Waals surface area contributed by atoms with E-state index in [0.717, 1.165) is 0 Å². The number of benzene rings is 1. The second kappa shape index (κ2) is 3.67. The molecule has 0 spiro atoms. The molecule has 0 unspecified atom stereocenters. The summed E-state index contributed by atoms with van der Waals surface area (Å²) in [5, 5.41) is 0. The number of hydrogen-bond donors (Lipinski definition) is 0. The van der Waals surface area contributed by atoms with Gasteiger partial charge in [0, 0.05) is 8.07 Å². The van der Waals surface area contributed by atoms with Crippen LogP contribution < -0.4 is 0 Å². The fraction of sp³-hybridized carbons (Fsp3) is 0.500. The second-order valence-electron chi connectivity index (χ2n) is 5.23. The Balaban J connectivity index is 2.90. The van der Waals surface area contributed by atoms with Gasteiger partial charge in [0.05, 0.1) is 0 Å². The molecule has 0 heterocycles. The Labute approximate surface area is 83.0 Å². The third-order valence-corrected chi connectivity index (χ3v) is 3.48. The summed E-state index contributed by atoms with van der Waals surface area (Å²) in [4.78, 5) is 0.